The molecule has 116 valence electrons. The van der Waals surface area contributed by atoms with Crippen LogP contribution in [0.1, 0.15) is 32.8 Å². The van der Waals surface area contributed by atoms with Crippen LogP contribution in [0.15, 0.2) is 30.3 Å². The van der Waals surface area contributed by atoms with Gasteiger partial charge in [0.2, 0.25) is 5.91 Å². The van der Waals surface area contributed by atoms with Crippen molar-refractivity contribution in [3.8, 4) is 0 Å². The van der Waals surface area contributed by atoms with E-state index in [0.29, 0.717) is 24.3 Å². The minimum absolute atomic E-state index is 0.319. The molecular weight excluding hydrogens is 260 g/mol. The minimum atomic E-state index is 0.319. The summed E-state index contributed by atoms with van der Waals surface area (Å²) in [4.78, 5) is 16.7. The van der Waals surface area contributed by atoms with E-state index >= 15 is 0 Å². The molecule has 1 fully saturated rings. The highest BCUT2D eigenvalue weighted by Gasteiger charge is 2.26. The minimum Gasteiger partial charge on any atom is -0.340 e. The Hall–Kier alpha value is -1.35. The van der Waals surface area contributed by atoms with E-state index in [4.69, 9.17) is 0 Å². The lowest BCUT2D eigenvalue weighted by atomic mass is 10.1. The Morgan fingerprint density at radius 3 is 2.57 bits per heavy atom. The normalized spacial score (nSPS) is 20.0. The van der Waals surface area contributed by atoms with Gasteiger partial charge in [-0.1, -0.05) is 44.2 Å². The van der Waals surface area contributed by atoms with Gasteiger partial charge in [0.15, 0.2) is 0 Å². The molecule has 0 bridgehead atoms. The van der Waals surface area contributed by atoms with E-state index in [1.165, 1.54) is 5.56 Å². The molecule has 0 radical (unpaired) electrons. The highest BCUT2D eigenvalue weighted by Crippen LogP contribution is 2.13. The Morgan fingerprint density at radius 1 is 1.24 bits per heavy atom. The molecule has 0 aromatic heterocycles. The van der Waals surface area contributed by atoms with Gasteiger partial charge in [0, 0.05) is 38.6 Å². The molecule has 1 amide bonds. The molecule has 2 rings (SSSR count). The fourth-order valence-electron chi connectivity index (χ4n) is 2.95. The Balaban J connectivity index is 1.80. The van der Waals surface area contributed by atoms with Gasteiger partial charge in [-0.3, -0.25) is 9.69 Å². The number of amides is 1. The smallest absolute Gasteiger partial charge is 0.222 e. The topological polar surface area (TPSA) is 23.6 Å². The lowest BCUT2D eigenvalue weighted by molar-refractivity contribution is -0.134. The molecule has 0 saturated carbocycles. The van der Waals surface area contributed by atoms with Crippen LogP contribution in [0, 0.1) is 5.92 Å². The highest BCUT2D eigenvalue weighted by atomic mass is 16.2. The van der Waals surface area contributed by atoms with E-state index < -0.39 is 0 Å². The average Bonchev–Trinajstić information content (AvgIpc) is 2.46. The maximum absolute atomic E-state index is 12.1. The molecule has 0 N–H and O–H groups in total. The molecule has 21 heavy (non-hydrogen) atoms. The molecule has 0 aliphatic carbocycles. The number of benzene rings is 1. The number of carbonyl (C=O) groups excluding carboxylic acids is 1. The van der Waals surface area contributed by atoms with Crippen molar-refractivity contribution >= 4 is 5.91 Å². The van der Waals surface area contributed by atoms with Gasteiger partial charge < -0.3 is 4.90 Å². The molecule has 1 saturated heterocycles. The van der Waals surface area contributed by atoms with Crippen molar-refractivity contribution in [2.75, 3.05) is 26.2 Å². The lowest BCUT2D eigenvalue weighted by Crippen LogP contribution is -2.54. The first-order valence-corrected chi connectivity index (χ1v) is 8.12. The second kappa shape index (κ2) is 7.60. The number of carbonyl (C=O) groups is 1. The fourth-order valence-corrected chi connectivity index (χ4v) is 2.95. The van der Waals surface area contributed by atoms with E-state index in [0.717, 1.165) is 32.6 Å². The summed E-state index contributed by atoms with van der Waals surface area (Å²) in [6, 6.07) is 11.1. The second-order valence-corrected chi connectivity index (χ2v) is 6.56. The largest absolute Gasteiger partial charge is 0.340 e. The van der Waals surface area contributed by atoms with Crippen molar-refractivity contribution in [2.24, 2.45) is 5.92 Å². The summed E-state index contributed by atoms with van der Waals surface area (Å²) in [5, 5.41) is 0. The van der Waals surface area contributed by atoms with Crippen LogP contribution >= 0.6 is 0 Å². The van der Waals surface area contributed by atoms with Crippen molar-refractivity contribution in [3.05, 3.63) is 35.9 Å². The summed E-state index contributed by atoms with van der Waals surface area (Å²) in [6.07, 6.45) is 1.77. The van der Waals surface area contributed by atoms with Crippen molar-refractivity contribution in [2.45, 2.75) is 39.7 Å². The van der Waals surface area contributed by atoms with Crippen molar-refractivity contribution in [1.82, 2.24) is 9.80 Å². The van der Waals surface area contributed by atoms with Crippen LogP contribution in [0.4, 0.5) is 0 Å². The Morgan fingerprint density at radius 2 is 1.95 bits per heavy atom. The van der Waals surface area contributed by atoms with Crippen LogP contribution in [0.3, 0.4) is 0 Å². The molecule has 1 unspecified atom stereocenters. The second-order valence-electron chi connectivity index (χ2n) is 6.56. The molecule has 1 aromatic rings. The van der Waals surface area contributed by atoms with Crippen LogP contribution in [0.25, 0.3) is 0 Å². The molecule has 1 aromatic carbocycles. The predicted octanol–water partition coefficient (Wildman–Crippen LogP) is 2.81. The van der Waals surface area contributed by atoms with E-state index in [1.807, 2.05) is 4.90 Å². The maximum Gasteiger partial charge on any atom is 0.222 e. The molecule has 3 nitrogen and oxygen atoms in total. The van der Waals surface area contributed by atoms with Gasteiger partial charge in [-0.15, -0.1) is 0 Å². The summed E-state index contributed by atoms with van der Waals surface area (Å²) >= 11 is 0. The van der Waals surface area contributed by atoms with Gasteiger partial charge in [-0.2, -0.15) is 0 Å². The molecular formula is C18H28N2O. The van der Waals surface area contributed by atoms with Crippen molar-refractivity contribution in [1.29, 1.82) is 0 Å². The van der Waals surface area contributed by atoms with Crippen LogP contribution in [-0.2, 0) is 11.2 Å². The summed E-state index contributed by atoms with van der Waals surface area (Å²) in [7, 11) is 0. The molecule has 1 atom stereocenters. The average molecular weight is 288 g/mol. The molecule has 0 spiro atoms. The number of rotatable bonds is 5. The van der Waals surface area contributed by atoms with Crippen molar-refractivity contribution in [3.63, 3.8) is 0 Å². The molecule has 3 heteroatoms. The Labute approximate surface area is 128 Å². The molecule has 1 heterocycles. The van der Waals surface area contributed by atoms with Gasteiger partial charge in [-0.25, -0.2) is 0 Å². The first kappa shape index (κ1) is 16.0. The maximum atomic E-state index is 12.1. The van der Waals surface area contributed by atoms with Crippen LogP contribution in [0.2, 0.25) is 0 Å². The van der Waals surface area contributed by atoms with E-state index in [1.54, 1.807) is 0 Å². The van der Waals surface area contributed by atoms with Gasteiger partial charge in [-0.05, 0) is 24.8 Å². The standard InChI is InChI=1S/C18H28N2O/c1-15(2)13-18(21)20-12-11-19(16(3)14-20)10-9-17-7-5-4-6-8-17/h4-8,15-16H,9-14H2,1-3H3. The third-order valence-electron chi connectivity index (χ3n) is 4.23. The third kappa shape index (κ3) is 4.85. The SMILES string of the molecule is CC(C)CC(=O)N1CCN(CCc2ccccc2)C(C)C1. The third-order valence-corrected chi connectivity index (χ3v) is 4.23. The lowest BCUT2D eigenvalue weighted by Gasteiger charge is -2.40. The predicted molar refractivity (Wildman–Crippen MR) is 87.2 cm³/mol. The van der Waals surface area contributed by atoms with Crippen LogP contribution in [0.5, 0.6) is 0 Å². The van der Waals surface area contributed by atoms with E-state index in [9.17, 15) is 4.79 Å². The van der Waals surface area contributed by atoms with Gasteiger partial charge in [0.05, 0.1) is 0 Å². The summed E-state index contributed by atoms with van der Waals surface area (Å²) in [5.74, 6) is 0.767. The van der Waals surface area contributed by atoms with Crippen LogP contribution < -0.4 is 0 Å². The Bertz CT molecular complexity index is 444. The first-order valence-electron chi connectivity index (χ1n) is 8.12. The zero-order valence-electron chi connectivity index (χ0n) is 13.6. The molecule has 1 aliphatic heterocycles. The van der Waals surface area contributed by atoms with Crippen LogP contribution in [-0.4, -0.2) is 47.9 Å². The quantitative estimate of drug-likeness (QED) is 0.832. The number of hydrogen-bond acceptors (Lipinski definition) is 2. The Kier molecular flexibility index (Phi) is 5.80. The van der Waals surface area contributed by atoms with Crippen molar-refractivity contribution < 1.29 is 4.79 Å². The van der Waals surface area contributed by atoms with E-state index in [2.05, 4.69) is 56.0 Å². The zero-order valence-corrected chi connectivity index (χ0v) is 13.6. The number of piperazine rings is 1. The van der Waals surface area contributed by atoms with Gasteiger partial charge in [0.1, 0.15) is 0 Å². The summed E-state index contributed by atoms with van der Waals surface area (Å²) < 4.78 is 0. The van der Waals surface area contributed by atoms with Gasteiger partial charge >= 0.3 is 0 Å². The number of hydrogen-bond donors (Lipinski definition) is 0. The first-order chi connectivity index (χ1) is 10.1. The highest BCUT2D eigenvalue weighted by molar-refractivity contribution is 5.76. The van der Waals surface area contributed by atoms with Gasteiger partial charge in [0.25, 0.3) is 0 Å². The zero-order chi connectivity index (χ0) is 15.2. The molecule has 1 aliphatic rings. The number of nitrogens with zero attached hydrogens (tertiary/aromatic N) is 2. The summed E-state index contributed by atoms with van der Waals surface area (Å²) in [6.45, 7) is 10.3. The monoisotopic (exact) mass is 288 g/mol. The summed E-state index contributed by atoms with van der Waals surface area (Å²) in [5.41, 5.74) is 1.39. The van der Waals surface area contributed by atoms with E-state index in [-0.39, 0.29) is 0 Å². The fraction of sp³-hybridized carbons (Fsp3) is 0.611.